The highest BCUT2D eigenvalue weighted by atomic mass is 16.5. The number of rotatable bonds is 11. The zero-order chi connectivity index (χ0) is 24.6. The summed E-state index contributed by atoms with van der Waals surface area (Å²) in [5, 5.41) is 0. The molecule has 6 nitrogen and oxygen atoms in total. The van der Waals surface area contributed by atoms with Crippen molar-refractivity contribution in [2.24, 2.45) is 11.8 Å². The van der Waals surface area contributed by atoms with E-state index in [9.17, 15) is 9.59 Å². The Balaban J connectivity index is 1.22. The van der Waals surface area contributed by atoms with Crippen LogP contribution >= 0.6 is 0 Å². The third kappa shape index (κ3) is 7.07. The second kappa shape index (κ2) is 12.9. The van der Waals surface area contributed by atoms with Gasteiger partial charge < -0.3 is 9.64 Å². The Morgan fingerprint density at radius 2 is 1.63 bits per heavy atom. The van der Waals surface area contributed by atoms with Crippen molar-refractivity contribution < 1.29 is 14.3 Å². The Kier molecular flexibility index (Phi) is 9.61. The number of carbonyl (C=O) groups is 2. The summed E-state index contributed by atoms with van der Waals surface area (Å²) >= 11 is 0. The van der Waals surface area contributed by atoms with Gasteiger partial charge in [-0.2, -0.15) is 0 Å². The van der Waals surface area contributed by atoms with E-state index in [0.717, 1.165) is 49.9 Å². The molecule has 0 N–H and O–H groups in total. The predicted molar refractivity (Wildman–Crippen MR) is 141 cm³/mol. The molecule has 3 fully saturated rings. The van der Waals surface area contributed by atoms with Crippen molar-refractivity contribution >= 4 is 17.5 Å². The molecule has 3 heterocycles. The highest BCUT2D eigenvalue weighted by molar-refractivity contribution is 6.22. The number of hydrogen-bond donors (Lipinski definition) is 0. The summed E-state index contributed by atoms with van der Waals surface area (Å²) in [4.78, 5) is 32.3. The van der Waals surface area contributed by atoms with E-state index in [1.165, 1.54) is 63.1 Å². The highest BCUT2D eigenvalue weighted by Gasteiger charge is 2.43. The van der Waals surface area contributed by atoms with Crippen molar-refractivity contribution in [3.05, 3.63) is 24.3 Å². The first kappa shape index (κ1) is 26.2. The molecular weight excluding hydrogens is 438 g/mol. The van der Waals surface area contributed by atoms with Crippen LogP contribution in [0.2, 0.25) is 0 Å². The van der Waals surface area contributed by atoms with Crippen molar-refractivity contribution in [2.75, 3.05) is 44.2 Å². The van der Waals surface area contributed by atoms with E-state index < -0.39 is 0 Å². The van der Waals surface area contributed by atoms with Gasteiger partial charge in [0.2, 0.25) is 5.91 Å². The summed E-state index contributed by atoms with van der Waals surface area (Å²) in [5.41, 5.74) is 0.659. The Bertz CT molecular complexity index is 811. The van der Waals surface area contributed by atoms with Crippen LogP contribution in [-0.2, 0) is 9.59 Å². The molecule has 0 radical (unpaired) electrons. The van der Waals surface area contributed by atoms with E-state index >= 15 is 0 Å². The standard InChI is InChI=1S/C29H45N3O3/c1-3-4-5-6-21-35-26-9-7-25(8-10-26)32-28(33)22-27(29(32)34)31-19-14-24(15-20-31)13-18-30-16-11-23(2)12-17-30/h7-10,23-24,27H,3-6,11-22H2,1-2H3/t27-/m1/s1. The summed E-state index contributed by atoms with van der Waals surface area (Å²) in [5.74, 6) is 2.26. The van der Waals surface area contributed by atoms with Gasteiger partial charge in [-0.05, 0) is 107 Å². The maximum atomic E-state index is 13.2. The molecule has 1 atom stereocenters. The Morgan fingerprint density at radius 3 is 2.31 bits per heavy atom. The van der Waals surface area contributed by atoms with E-state index in [1.54, 1.807) is 0 Å². The SMILES string of the molecule is CCCCCCOc1ccc(N2C(=O)C[C@@H](N3CCC(CCN4CCC(C)CC4)CC3)C2=O)cc1. The first-order valence-corrected chi connectivity index (χ1v) is 14.1. The van der Waals surface area contributed by atoms with Crippen LogP contribution in [0.5, 0.6) is 5.75 Å². The van der Waals surface area contributed by atoms with Crippen LogP contribution in [0.25, 0.3) is 0 Å². The van der Waals surface area contributed by atoms with Crippen LogP contribution in [0.3, 0.4) is 0 Å². The average Bonchev–Trinajstić information content (AvgIpc) is 3.18. The lowest BCUT2D eigenvalue weighted by Crippen LogP contribution is -2.46. The fourth-order valence-corrected chi connectivity index (χ4v) is 5.79. The van der Waals surface area contributed by atoms with Crippen molar-refractivity contribution in [1.82, 2.24) is 9.80 Å². The molecule has 0 bridgehead atoms. The topological polar surface area (TPSA) is 53.1 Å². The van der Waals surface area contributed by atoms with Gasteiger partial charge >= 0.3 is 0 Å². The van der Waals surface area contributed by atoms with Gasteiger partial charge in [-0.3, -0.25) is 14.5 Å². The molecule has 194 valence electrons. The van der Waals surface area contributed by atoms with Crippen LogP contribution in [0, 0.1) is 11.8 Å². The number of amides is 2. The van der Waals surface area contributed by atoms with Crippen molar-refractivity contribution in [3.63, 3.8) is 0 Å². The van der Waals surface area contributed by atoms with Crippen LogP contribution < -0.4 is 9.64 Å². The maximum absolute atomic E-state index is 13.2. The number of hydrogen-bond acceptors (Lipinski definition) is 5. The molecule has 35 heavy (non-hydrogen) atoms. The number of ether oxygens (including phenoxy) is 1. The minimum atomic E-state index is -0.304. The number of carbonyl (C=O) groups excluding carboxylic acids is 2. The summed E-state index contributed by atoms with van der Waals surface area (Å²) < 4.78 is 5.81. The smallest absolute Gasteiger partial charge is 0.251 e. The molecule has 4 rings (SSSR count). The molecule has 0 aromatic heterocycles. The molecule has 3 aliphatic heterocycles. The second-order valence-electron chi connectivity index (χ2n) is 11.0. The number of imide groups is 1. The van der Waals surface area contributed by atoms with Crippen LogP contribution in [0.15, 0.2) is 24.3 Å². The molecule has 6 heteroatoms. The molecule has 0 unspecified atom stereocenters. The predicted octanol–water partition coefficient (Wildman–Crippen LogP) is 5.11. The lowest BCUT2D eigenvalue weighted by Gasteiger charge is -2.36. The monoisotopic (exact) mass is 483 g/mol. The molecule has 1 aromatic rings. The summed E-state index contributed by atoms with van der Waals surface area (Å²) in [7, 11) is 0. The van der Waals surface area contributed by atoms with Crippen LogP contribution in [0.1, 0.15) is 78.1 Å². The van der Waals surface area contributed by atoms with E-state index in [-0.39, 0.29) is 17.9 Å². The summed E-state index contributed by atoms with van der Waals surface area (Å²) in [6.45, 7) is 10.8. The minimum Gasteiger partial charge on any atom is -0.494 e. The lowest BCUT2D eigenvalue weighted by atomic mass is 9.91. The largest absolute Gasteiger partial charge is 0.494 e. The number of unbranched alkanes of at least 4 members (excludes halogenated alkanes) is 3. The molecule has 0 aliphatic carbocycles. The molecule has 3 aliphatic rings. The second-order valence-corrected chi connectivity index (χ2v) is 11.0. The van der Waals surface area contributed by atoms with Gasteiger partial charge in [-0.15, -0.1) is 0 Å². The third-order valence-corrected chi connectivity index (χ3v) is 8.30. The van der Waals surface area contributed by atoms with E-state index in [2.05, 4.69) is 23.6 Å². The van der Waals surface area contributed by atoms with E-state index in [4.69, 9.17) is 4.74 Å². The van der Waals surface area contributed by atoms with Gasteiger partial charge in [0, 0.05) is 0 Å². The van der Waals surface area contributed by atoms with Crippen molar-refractivity contribution in [3.8, 4) is 5.75 Å². The van der Waals surface area contributed by atoms with Gasteiger partial charge in [-0.1, -0.05) is 33.1 Å². The fraction of sp³-hybridized carbons (Fsp3) is 0.724. The van der Waals surface area contributed by atoms with Crippen LogP contribution in [0.4, 0.5) is 5.69 Å². The van der Waals surface area contributed by atoms with Crippen LogP contribution in [-0.4, -0.2) is 67.0 Å². The molecule has 2 amide bonds. The van der Waals surface area contributed by atoms with Gasteiger partial charge in [0.15, 0.2) is 0 Å². The van der Waals surface area contributed by atoms with Crippen molar-refractivity contribution in [2.45, 2.75) is 84.1 Å². The quantitative estimate of drug-likeness (QED) is 0.323. The number of nitrogens with zero attached hydrogens (tertiary/aromatic N) is 3. The van der Waals surface area contributed by atoms with Crippen molar-refractivity contribution in [1.29, 1.82) is 0 Å². The Labute approximate surface area is 212 Å². The Morgan fingerprint density at radius 1 is 0.914 bits per heavy atom. The minimum absolute atomic E-state index is 0.0656. The lowest BCUT2D eigenvalue weighted by molar-refractivity contribution is -0.123. The van der Waals surface area contributed by atoms with E-state index in [1.807, 2.05) is 24.3 Å². The maximum Gasteiger partial charge on any atom is 0.251 e. The number of benzene rings is 1. The van der Waals surface area contributed by atoms with E-state index in [0.29, 0.717) is 18.7 Å². The molecular formula is C29H45N3O3. The average molecular weight is 484 g/mol. The molecule has 0 spiro atoms. The Hall–Kier alpha value is -1.92. The number of piperidine rings is 2. The summed E-state index contributed by atoms with van der Waals surface area (Å²) in [6, 6.07) is 7.12. The van der Waals surface area contributed by atoms with Gasteiger partial charge in [-0.25, -0.2) is 4.90 Å². The first-order chi connectivity index (χ1) is 17.0. The fourth-order valence-electron chi connectivity index (χ4n) is 5.79. The number of likely N-dealkylation sites (tertiary alicyclic amines) is 2. The summed E-state index contributed by atoms with van der Waals surface area (Å²) in [6.07, 6.45) is 11.2. The zero-order valence-corrected chi connectivity index (χ0v) is 21.9. The highest BCUT2D eigenvalue weighted by Crippen LogP contribution is 2.30. The molecule has 1 aromatic carbocycles. The zero-order valence-electron chi connectivity index (χ0n) is 21.9. The van der Waals surface area contributed by atoms with Gasteiger partial charge in [0.05, 0.1) is 24.8 Å². The number of anilines is 1. The molecule has 0 saturated carbocycles. The van der Waals surface area contributed by atoms with Gasteiger partial charge in [0.1, 0.15) is 5.75 Å². The first-order valence-electron chi connectivity index (χ1n) is 14.1. The third-order valence-electron chi connectivity index (χ3n) is 8.30. The van der Waals surface area contributed by atoms with Gasteiger partial charge in [0.25, 0.3) is 5.91 Å². The normalized spacial score (nSPS) is 23.4. The molecule has 3 saturated heterocycles.